The van der Waals surface area contributed by atoms with Crippen molar-refractivity contribution < 1.29 is 65.2 Å². The molecule has 100 heavy (non-hydrogen) atoms. The van der Waals surface area contributed by atoms with Crippen molar-refractivity contribution >= 4 is 50.7 Å². The number of carbonyl (C=O) groups is 2. The van der Waals surface area contributed by atoms with Gasteiger partial charge in [-0.1, -0.05) is 131 Å². The first kappa shape index (κ1) is 68.3. The number of ether oxygens (including phenoxy) is 6. The van der Waals surface area contributed by atoms with Crippen LogP contribution >= 0.6 is 17.2 Å². The second-order valence-corrected chi connectivity index (χ2v) is 28.6. The number of para-hydroxylation sites is 2. The summed E-state index contributed by atoms with van der Waals surface area (Å²) in [5.41, 5.74) is 9.59. The number of fused-ring (bicyclic) bond motifs is 2. The monoisotopic (exact) mass is 1380 g/mol. The van der Waals surface area contributed by atoms with Crippen LogP contribution < -0.4 is 36.6 Å². The van der Waals surface area contributed by atoms with Gasteiger partial charge in [0.25, 0.3) is 0 Å². The van der Waals surface area contributed by atoms with Gasteiger partial charge in [0, 0.05) is 59.8 Å². The third-order valence-electron chi connectivity index (χ3n) is 19.1. The molecule has 514 valence electrons. The number of hydrogen-bond donors (Lipinski definition) is 0. The van der Waals surface area contributed by atoms with Gasteiger partial charge < -0.3 is 55.6 Å². The van der Waals surface area contributed by atoms with E-state index < -0.39 is 29.1 Å². The fourth-order valence-corrected chi connectivity index (χ4v) is 16.0. The van der Waals surface area contributed by atoms with Crippen LogP contribution in [0.4, 0.5) is 0 Å². The highest BCUT2D eigenvalue weighted by molar-refractivity contribution is 7.43. The fourth-order valence-electron chi connectivity index (χ4n) is 13.8. The topological polar surface area (TPSA) is 145 Å². The van der Waals surface area contributed by atoms with E-state index in [2.05, 4.69) is 52.0 Å². The first-order chi connectivity index (χ1) is 48.8. The second kappa shape index (κ2) is 31.4. The highest BCUT2D eigenvalue weighted by Crippen LogP contribution is 2.58. The van der Waals surface area contributed by atoms with Crippen molar-refractivity contribution in [1.29, 1.82) is 0 Å². The maximum Gasteiger partial charge on any atom is 0.530 e. The van der Waals surface area contributed by atoms with E-state index in [1.807, 2.05) is 147 Å². The molecule has 0 aromatic heterocycles. The van der Waals surface area contributed by atoms with Crippen molar-refractivity contribution in [2.24, 2.45) is 0 Å². The summed E-state index contributed by atoms with van der Waals surface area (Å²) in [6.45, 7) is 14.4. The Balaban J connectivity index is 1.04. The van der Waals surface area contributed by atoms with Crippen molar-refractivity contribution in [2.75, 3.05) is 26.4 Å². The third-order valence-corrected chi connectivity index (χ3v) is 21.1. The number of carbonyl (C=O) groups excluding carboxylic acids is 2. The third kappa shape index (κ3) is 15.5. The van der Waals surface area contributed by atoms with Crippen molar-refractivity contribution in [3.05, 3.63) is 249 Å². The van der Waals surface area contributed by atoms with Crippen LogP contribution in [-0.4, -0.2) is 38.4 Å². The highest BCUT2D eigenvalue weighted by atomic mass is 31.2. The van der Waals surface area contributed by atoms with Gasteiger partial charge in [-0.25, -0.2) is 9.59 Å². The number of rotatable bonds is 21. The van der Waals surface area contributed by atoms with Gasteiger partial charge in [0.05, 0.1) is 24.4 Å². The Morgan fingerprint density at radius 2 is 0.630 bits per heavy atom. The molecule has 4 atom stereocenters. The van der Waals surface area contributed by atoms with Gasteiger partial charge in [0.15, 0.2) is 11.5 Å². The fraction of sp³-hybridized carbons (Fsp3) is 0.310. The zero-order chi connectivity index (χ0) is 68.6. The van der Waals surface area contributed by atoms with Crippen molar-refractivity contribution in [3.63, 3.8) is 0 Å². The van der Waals surface area contributed by atoms with Gasteiger partial charge in [-0.3, -0.25) is 0 Å². The summed E-state index contributed by atoms with van der Waals surface area (Å²) < 4.78 is 84.3. The summed E-state index contributed by atoms with van der Waals surface area (Å²) in [5.74, 6) is 1.14. The van der Waals surface area contributed by atoms with E-state index in [9.17, 15) is 0 Å². The molecular formula is C84H84O14P2. The lowest BCUT2D eigenvalue weighted by Crippen LogP contribution is -2.17. The van der Waals surface area contributed by atoms with Crippen LogP contribution in [0.1, 0.15) is 178 Å². The van der Waals surface area contributed by atoms with Crippen LogP contribution in [0.25, 0.3) is 32.7 Å². The summed E-state index contributed by atoms with van der Waals surface area (Å²) in [6, 6.07) is 57.9. The van der Waals surface area contributed by atoms with Crippen LogP contribution in [0.15, 0.2) is 182 Å². The molecular weight excluding hydrogens is 1290 g/mol. The summed E-state index contributed by atoms with van der Waals surface area (Å²) in [6.07, 6.45) is 9.61. The highest BCUT2D eigenvalue weighted by Gasteiger charge is 2.38. The molecule has 4 aliphatic rings. The Kier molecular flexibility index (Phi) is 21.4. The summed E-state index contributed by atoms with van der Waals surface area (Å²) in [5, 5.41) is 2.47. The van der Waals surface area contributed by atoms with Gasteiger partial charge in [-0.15, -0.1) is 0 Å². The molecule has 10 aromatic rings. The number of aryl methyl sites for hydroxylation is 6. The number of benzene rings is 10. The van der Waals surface area contributed by atoms with E-state index in [4.69, 9.17) is 55.6 Å². The summed E-state index contributed by atoms with van der Waals surface area (Å²) in [7, 11) is -5.38. The zero-order valence-electron chi connectivity index (χ0n) is 57.6. The lowest BCUT2D eigenvalue weighted by Gasteiger charge is -2.29. The van der Waals surface area contributed by atoms with Gasteiger partial charge in [0.1, 0.15) is 45.6 Å². The van der Waals surface area contributed by atoms with Crippen molar-refractivity contribution in [2.45, 2.75) is 143 Å². The molecule has 4 saturated heterocycles. The normalized spacial score (nSPS) is 18.5. The van der Waals surface area contributed by atoms with Gasteiger partial charge in [-0.05, 0) is 224 Å². The Bertz CT molecular complexity index is 4170. The predicted octanol–water partition coefficient (Wildman–Crippen LogP) is 22.4. The molecule has 4 heterocycles. The average Bonchev–Trinajstić information content (AvgIpc) is 0.730. The molecule has 0 radical (unpaired) electrons. The minimum atomic E-state index is -2.69. The quantitative estimate of drug-likeness (QED) is 0.0382. The van der Waals surface area contributed by atoms with Crippen molar-refractivity contribution in [3.8, 4) is 57.1 Å². The molecule has 0 N–H and O–H groups in total. The molecule has 4 fully saturated rings. The molecule has 0 saturated carbocycles. The van der Waals surface area contributed by atoms with E-state index in [1.54, 1.807) is 24.3 Å². The average molecular weight is 1380 g/mol. The molecule has 16 heteroatoms. The second-order valence-electron chi connectivity index (χ2n) is 26.6. The van der Waals surface area contributed by atoms with Gasteiger partial charge in [-0.2, -0.15) is 0 Å². The molecule has 0 amide bonds. The zero-order valence-corrected chi connectivity index (χ0v) is 59.3. The first-order valence-corrected chi connectivity index (χ1v) is 37.3. The van der Waals surface area contributed by atoms with Crippen LogP contribution in [0.2, 0.25) is 0 Å². The Morgan fingerprint density at radius 1 is 0.330 bits per heavy atom. The standard InChI is InChI=1S/C84H84O14P2/c1-53-35-39-75(63(47-53)71-31-15-19-43-87-71)93-99(94-76-40-36-54(2)48-64(76)72-32-16-20-44-88-72)97-81-67(83(85)91-69-29-13-7-23-57(69)5)51-59-25-9-11-27-61(59)79(81)80-62-28-12-10-26-60(62)52-68(84(86)92-70-30-14-8-24-58(70)6)82(80)98-100(95-77-41-37-55(3)49-65(77)73-33-17-21-45-89-73)96-78-42-38-56(4)50-66(78)74-34-18-22-46-90-74/h7-14,23-30,35-42,47-52,71-74H,15-22,31-34,43-46H2,1-6H3. The summed E-state index contributed by atoms with van der Waals surface area (Å²) in [4.78, 5) is 32.1. The molecule has 10 aromatic carbocycles. The van der Waals surface area contributed by atoms with Crippen LogP contribution in [0.3, 0.4) is 0 Å². The van der Waals surface area contributed by atoms with E-state index in [1.165, 1.54) is 0 Å². The van der Waals surface area contributed by atoms with Gasteiger partial charge >= 0.3 is 29.1 Å². The molecule has 14 rings (SSSR count). The van der Waals surface area contributed by atoms with Crippen molar-refractivity contribution in [1.82, 2.24) is 0 Å². The molecule has 0 aliphatic carbocycles. The largest absolute Gasteiger partial charge is 0.530 e. The molecule has 0 spiro atoms. The maximum atomic E-state index is 16.1. The van der Waals surface area contributed by atoms with Crippen LogP contribution in [0.5, 0.6) is 46.0 Å². The van der Waals surface area contributed by atoms with E-state index in [0.29, 0.717) is 93.6 Å². The predicted molar refractivity (Wildman–Crippen MR) is 392 cm³/mol. The minimum absolute atomic E-state index is 0.00433. The Hall–Kier alpha value is -8.84. The van der Waals surface area contributed by atoms with E-state index in [0.717, 1.165) is 133 Å². The van der Waals surface area contributed by atoms with E-state index >= 15 is 9.59 Å². The molecule has 4 unspecified atom stereocenters. The lowest BCUT2D eigenvalue weighted by molar-refractivity contribution is 0.0135. The summed E-state index contributed by atoms with van der Waals surface area (Å²) >= 11 is 0. The molecule has 14 nitrogen and oxygen atoms in total. The SMILES string of the molecule is Cc1ccc(OP(Oc2ccc(C)cc2C2CCCCO2)Oc2c(C(=O)Oc3ccccc3C)cc3ccccc3c2-c2c(OP(Oc3ccc(C)cc3C3CCCCO3)Oc3ccc(C)cc3C3CCCCO3)c(C(=O)Oc3ccccc3C)cc3ccccc23)c(C2CCCCO2)c1. The van der Waals surface area contributed by atoms with Crippen LogP contribution in [0, 0.1) is 41.5 Å². The van der Waals surface area contributed by atoms with Gasteiger partial charge in [0.2, 0.25) is 0 Å². The van der Waals surface area contributed by atoms with E-state index in [-0.39, 0.29) is 47.0 Å². The lowest BCUT2D eigenvalue weighted by atomic mass is 9.88. The number of esters is 2. The molecule has 0 bridgehead atoms. The minimum Gasteiger partial charge on any atom is -0.423 e. The van der Waals surface area contributed by atoms with Crippen LogP contribution in [-0.2, 0) is 18.9 Å². The maximum absolute atomic E-state index is 16.1. The first-order valence-electron chi connectivity index (χ1n) is 35.1. The molecule has 4 aliphatic heterocycles. The number of hydrogen-bond acceptors (Lipinski definition) is 14. The Labute approximate surface area is 588 Å². The smallest absolute Gasteiger partial charge is 0.423 e. The Morgan fingerprint density at radius 3 is 0.930 bits per heavy atom.